The lowest BCUT2D eigenvalue weighted by molar-refractivity contribution is -0.167. The van der Waals surface area contributed by atoms with Gasteiger partial charge in [-0.1, -0.05) is 18.2 Å². The van der Waals surface area contributed by atoms with Crippen molar-refractivity contribution in [3.05, 3.63) is 40.3 Å². The maximum atomic E-state index is 12.9. The fourth-order valence-corrected chi connectivity index (χ4v) is 3.21. The highest BCUT2D eigenvalue weighted by Crippen LogP contribution is 2.36. The number of fused-ring (bicyclic) bond motifs is 1. The first kappa shape index (κ1) is 20.8. The van der Waals surface area contributed by atoms with Crippen molar-refractivity contribution < 1.29 is 27.5 Å². The molecule has 1 aromatic carbocycles. The molecule has 1 aliphatic rings. The molecule has 156 valence electrons. The highest BCUT2D eigenvalue weighted by atomic mass is 19.4. The minimum Gasteiger partial charge on any atom is -0.451 e. The van der Waals surface area contributed by atoms with Crippen molar-refractivity contribution >= 4 is 22.6 Å². The van der Waals surface area contributed by atoms with E-state index in [-0.39, 0.29) is 22.4 Å². The number of carbonyl (C=O) groups is 2. The fraction of sp³-hybridized carbons (Fsp3) is 0.474. The molecule has 0 saturated heterocycles. The molecule has 1 amide bonds. The van der Waals surface area contributed by atoms with Crippen molar-refractivity contribution in [1.29, 1.82) is 0 Å². The molecule has 1 fully saturated rings. The average Bonchev–Trinajstić information content (AvgIpc) is 3.51. The molecule has 1 atom stereocenters. The number of amides is 1. The van der Waals surface area contributed by atoms with Crippen LogP contribution in [0.5, 0.6) is 0 Å². The Labute approximate surface area is 164 Å². The quantitative estimate of drug-likeness (QED) is 0.682. The van der Waals surface area contributed by atoms with Crippen molar-refractivity contribution in [3.63, 3.8) is 0 Å². The summed E-state index contributed by atoms with van der Waals surface area (Å²) >= 11 is 0. The molecule has 0 radical (unpaired) electrons. The number of ether oxygens (including phenoxy) is 1. The summed E-state index contributed by atoms with van der Waals surface area (Å²) < 4.78 is 44.6. The minimum atomic E-state index is -4.56. The number of rotatable bonds is 6. The summed E-state index contributed by atoms with van der Waals surface area (Å²) in [5.74, 6) is -1.90. The van der Waals surface area contributed by atoms with E-state index in [9.17, 15) is 27.6 Å². The van der Waals surface area contributed by atoms with Crippen LogP contribution in [0.25, 0.3) is 10.8 Å². The molecule has 0 N–H and O–H groups in total. The Kier molecular flexibility index (Phi) is 5.63. The van der Waals surface area contributed by atoms with Gasteiger partial charge in [0.05, 0.1) is 5.39 Å². The number of aryl methyl sites for hydroxylation is 1. The fourth-order valence-electron chi connectivity index (χ4n) is 3.21. The SMILES string of the molecule is C[C@@H](C1CC1)N(CC(F)(F)F)C(=O)COC(=O)c1nn(C)c(=O)c2ccccc12. The van der Waals surface area contributed by atoms with E-state index in [4.69, 9.17) is 4.74 Å². The standard InChI is InChI=1S/C19H20F3N3O4/c1-11(12-7-8-12)25(10-19(20,21)22)15(26)9-29-18(28)16-13-5-3-4-6-14(13)17(27)24(2)23-16/h3-6,11-12H,7-10H2,1-2H3/t11-/m0/s1. The number of hydrogen-bond acceptors (Lipinski definition) is 5. The van der Waals surface area contributed by atoms with Crippen LogP contribution < -0.4 is 5.56 Å². The molecule has 1 heterocycles. The number of esters is 1. The first-order chi connectivity index (χ1) is 13.6. The first-order valence-electron chi connectivity index (χ1n) is 9.08. The van der Waals surface area contributed by atoms with E-state index < -0.39 is 42.8 Å². The molecule has 0 spiro atoms. The van der Waals surface area contributed by atoms with Crippen LogP contribution in [0.3, 0.4) is 0 Å². The van der Waals surface area contributed by atoms with Crippen molar-refractivity contribution in [3.8, 4) is 0 Å². The summed E-state index contributed by atoms with van der Waals surface area (Å²) in [6.45, 7) is -0.682. The summed E-state index contributed by atoms with van der Waals surface area (Å²) in [5.41, 5.74) is -0.601. The molecule has 0 unspecified atom stereocenters. The highest BCUT2D eigenvalue weighted by molar-refractivity contribution is 6.02. The van der Waals surface area contributed by atoms with Gasteiger partial charge in [-0.2, -0.15) is 18.3 Å². The molecule has 1 saturated carbocycles. The normalized spacial score (nSPS) is 15.2. The van der Waals surface area contributed by atoms with Gasteiger partial charge in [-0.15, -0.1) is 0 Å². The molecule has 0 aliphatic heterocycles. The predicted molar refractivity (Wildman–Crippen MR) is 97.2 cm³/mol. The third-order valence-corrected chi connectivity index (χ3v) is 4.94. The Bertz CT molecular complexity index is 998. The van der Waals surface area contributed by atoms with Gasteiger partial charge in [0.25, 0.3) is 11.5 Å². The van der Waals surface area contributed by atoms with Crippen molar-refractivity contribution in [2.24, 2.45) is 13.0 Å². The second-order valence-corrected chi connectivity index (χ2v) is 7.11. The Morgan fingerprint density at radius 3 is 2.48 bits per heavy atom. The van der Waals surface area contributed by atoms with E-state index in [1.807, 2.05) is 0 Å². The molecule has 3 rings (SSSR count). The van der Waals surface area contributed by atoms with Gasteiger partial charge in [0, 0.05) is 18.5 Å². The van der Waals surface area contributed by atoms with Crippen molar-refractivity contribution in [2.45, 2.75) is 32.0 Å². The van der Waals surface area contributed by atoms with E-state index in [1.165, 1.54) is 19.2 Å². The van der Waals surface area contributed by atoms with Crippen LogP contribution in [0.1, 0.15) is 30.3 Å². The van der Waals surface area contributed by atoms with Gasteiger partial charge in [-0.3, -0.25) is 9.59 Å². The van der Waals surface area contributed by atoms with Crippen LogP contribution >= 0.6 is 0 Å². The number of benzene rings is 1. The molecular formula is C19H20F3N3O4. The summed E-state index contributed by atoms with van der Waals surface area (Å²) in [6.07, 6.45) is -3.04. The van der Waals surface area contributed by atoms with Crippen LogP contribution in [0.4, 0.5) is 13.2 Å². The van der Waals surface area contributed by atoms with Crippen molar-refractivity contribution in [1.82, 2.24) is 14.7 Å². The second-order valence-electron chi connectivity index (χ2n) is 7.11. The summed E-state index contributed by atoms with van der Waals surface area (Å²) in [7, 11) is 1.36. The highest BCUT2D eigenvalue weighted by Gasteiger charge is 2.40. The van der Waals surface area contributed by atoms with Crippen LogP contribution in [-0.2, 0) is 16.6 Å². The van der Waals surface area contributed by atoms with Gasteiger partial charge in [-0.25, -0.2) is 9.48 Å². The van der Waals surface area contributed by atoms with E-state index in [2.05, 4.69) is 5.10 Å². The summed E-state index contributed by atoms with van der Waals surface area (Å²) in [5, 5.41) is 4.36. The molecule has 0 bridgehead atoms. The zero-order chi connectivity index (χ0) is 21.3. The zero-order valence-electron chi connectivity index (χ0n) is 15.9. The number of nitrogens with zero attached hydrogens (tertiary/aromatic N) is 3. The summed E-state index contributed by atoms with van der Waals surface area (Å²) in [6, 6.07) is 5.65. The van der Waals surface area contributed by atoms with Gasteiger partial charge in [0.2, 0.25) is 0 Å². The average molecular weight is 411 g/mol. The minimum absolute atomic E-state index is 0.0197. The molecule has 10 heteroatoms. The monoisotopic (exact) mass is 411 g/mol. The Balaban J connectivity index is 1.77. The van der Waals surface area contributed by atoms with Gasteiger partial charge in [0.15, 0.2) is 12.3 Å². The van der Waals surface area contributed by atoms with Gasteiger partial charge < -0.3 is 9.64 Å². The lowest BCUT2D eigenvalue weighted by atomic mass is 10.1. The van der Waals surface area contributed by atoms with E-state index in [1.54, 1.807) is 19.1 Å². The van der Waals surface area contributed by atoms with E-state index in [0.717, 1.165) is 17.5 Å². The maximum absolute atomic E-state index is 12.9. The van der Waals surface area contributed by atoms with Crippen LogP contribution in [0.2, 0.25) is 0 Å². The van der Waals surface area contributed by atoms with Crippen LogP contribution in [0.15, 0.2) is 29.1 Å². The smallest absolute Gasteiger partial charge is 0.406 e. The lowest BCUT2D eigenvalue weighted by Gasteiger charge is -2.30. The Morgan fingerprint density at radius 1 is 1.28 bits per heavy atom. The first-order valence-corrected chi connectivity index (χ1v) is 9.08. The van der Waals surface area contributed by atoms with Crippen molar-refractivity contribution in [2.75, 3.05) is 13.2 Å². The number of aromatic nitrogens is 2. The van der Waals surface area contributed by atoms with E-state index >= 15 is 0 Å². The number of hydrogen-bond donors (Lipinski definition) is 0. The van der Waals surface area contributed by atoms with Gasteiger partial charge in [0.1, 0.15) is 6.54 Å². The molecule has 29 heavy (non-hydrogen) atoms. The van der Waals surface area contributed by atoms with Crippen LogP contribution in [-0.4, -0.2) is 51.9 Å². The third kappa shape index (κ3) is 4.75. The number of carbonyl (C=O) groups excluding carboxylic acids is 2. The number of halogens is 3. The largest absolute Gasteiger partial charge is 0.451 e. The molecule has 7 nitrogen and oxygen atoms in total. The predicted octanol–water partition coefficient (Wildman–Crippen LogP) is 2.28. The summed E-state index contributed by atoms with van der Waals surface area (Å²) in [4.78, 5) is 37.7. The lowest BCUT2D eigenvalue weighted by Crippen LogP contribution is -2.47. The molecule has 1 aromatic heterocycles. The van der Waals surface area contributed by atoms with Crippen LogP contribution in [0, 0.1) is 5.92 Å². The second kappa shape index (κ2) is 7.84. The van der Waals surface area contributed by atoms with Gasteiger partial charge >= 0.3 is 12.1 Å². The third-order valence-electron chi connectivity index (χ3n) is 4.94. The maximum Gasteiger partial charge on any atom is 0.406 e. The van der Waals surface area contributed by atoms with Gasteiger partial charge in [-0.05, 0) is 31.7 Å². The topological polar surface area (TPSA) is 81.5 Å². The molecule has 2 aromatic rings. The number of alkyl halides is 3. The molecular weight excluding hydrogens is 391 g/mol. The zero-order valence-corrected chi connectivity index (χ0v) is 15.9. The molecule has 1 aliphatic carbocycles. The van der Waals surface area contributed by atoms with E-state index in [0.29, 0.717) is 4.90 Å². The Hall–Kier alpha value is -2.91. The Morgan fingerprint density at radius 2 is 1.90 bits per heavy atom.